The van der Waals surface area contributed by atoms with Crippen LogP contribution in [0.4, 0.5) is 5.69 Å². The standard InChI is InChI=1S/C17H28N2O/c1-3-20-17-12-8-7-11-16(17)18-13-14-19(2)15-9-5-4-6-10-15/h7-8,11-12,15,18H,3-6,9-10,13-14H2,1-2H3. The lowest BCUT2D eigenvalue weighted by Gasteiger charge is -2.31. The minimum atomic E-state index is 0.709. The molecule has 1 aliphatic carbocycles. The van der Waals surface area contributed by atoms with E-state index in [4.69, 9.17) is 4.74 Å². The second kappa shape index (κ2) is 8.15. The molecule has 0 bridgehead atoms. The van der Waals surface area contributed by atoms with Crippen LogP contribution in [-0.2, 0) is 0 Å². The molecule has 0 atom stereocenters. The predicted molar refractivity (Wildman–Crippen MR) is 85.6 cm³/mol. The number of para-hydroxylation sites is 2. The number of nitrogens with zero attached hydrogens (tertiary/aromatic N) is 1. The molecule has 3 heteroatoms. The Bertz CT molecular complexity index is 388. The fourth-order valence-electron chi connectivity index (χ4n) is 2.97. The van der Waals surface area contributed by atoms with Crippen LogP contribution in [0.1, 0.15) is 39.0 Å². The SMILES string of the molecule is CCOc1ccccc1NCCN(C)C1CCCCC1. The highest BCUT2D eigenvalue weighted by molar-refractivity contribution is 5.56. The first kappa shape index (κ1) is 15.2. The average molecular weight is 276 g/mol. The van der Waals surface area contributed by atoms with Gasteiger partial charge in [0.05, 0.1) is 12.3 Å². The van der Waals surface area contributed by atoms with Crippen molar-refractivity contribution in [3.05, 3.63) is 24.3 Å². The average Bonchev–Trinajstić information content (AvgIpc) is 2.50. The zero-order chi connectivity index (χ0) is 14.2. The van der Waals surface area contributed by atoms with E-state index in [-0.39, 0.29) is 0 Å². The molecule has 0 spiro atoms. The number of anilines is 1. The Morgan fingerprint density at radius 3 is 2.70 bits per heavy atom. The second-order valence-electron chi connectivity index (χ2n) is 5.63. The summed E-state index contributed by atoms with van der Waals surface area (Å²) in [5.74, 6) is 0.954. The third-order valence-corrected chi connectivity index (χ3v) is 4.16. The summed E-state index contributed by atoms with van der Waals surface area (Å²) in [5.41, 5.74) is 1.10. The largest absolute Gasteiger partial charge is 0.492 e. The fraction of sp³-hybridized carbons (Fsp3) is 0.647. The van der Waals surface area contributed by atoms with Crippen LogP contribution in [0.15, 0.2) is 24.3 Å². The lowest BCUT2D eigenvalue weighted by molar-refractivity contribution is 0.198. The van der Waals surface area contributed by atoms with E-state index in [9.17, 15) is 0 Å². The van der Waals surface area contributed by atoms with Gasteiger partial charge in [-0.25, -0.2) is 0 Å². The predicted octanol–water partition coefficient (Wildman–Crippen LogP) is 3.76. The maximum absolute atomic E-state index is 5.63. The summed E-state index contributed by atoms with van der Waals surface area (Å²) in [6.45, 7) is 4.79. The smallest absolute Gasteiger partial charge is 0.142 e. The molecule has 1 N–H and O–H groups in total. The van der Waals surface area contributed by atoms with Crippen LogP contribution in [0.5, 0.6) is 5.75 Å². The lowest BCUT2D eigenvalue weighted by Crippen LogP contribution is -2.36. The van der Waals surface area contributed by atoms with Crippen molar-refractivity contribution in [3.63, 3.8) is 0 Å². The highest BCUT2D eigenvalue weighted by atomic mass is 16.5. The minimum Gasteiger partial charge on any atom is -0.492 e. The Balaban J connectivity index is 1.77. The third kappa shape index (κ3) is 4.41. The van der Waals surface area contributed by atoms with Crippen molar-refractivity contribution in [2.24, 2.45) is 0 Å². The van der Waals surface area contributed by atoms with Crippen molar-refractivity contribution in [1.82, 2.24) is 4.90 Å². The normalized spacial score (nSPS) is 16.4. The number of hydrogen-bond acceptors (Lipinski definition) is 3. The second-order valence-corrected chi connectivity index (χ2v) is 5.63. The van der Waals surface area contributed by atoms with Crippen molar-refractivity contribution in [2.75, 3.05) is 32.1 Å². The minimum absolute atomic E-state index is 0.709. The van der Waals surface area contributed by atoms with Crippen molar-refractivity contribution >= 4 is 5.69 Å². The molecule has 1 aromatic rings. The quantitative estimate of drug-likeness (QED) is 0.820. The molecule has 1 aromatic carbocycles. The van der Waals surface area contributed by atoms with Gasteiger partial charge in [-0.3, -0.25) is 0 Å². The molecule has 20 heavy (non-hydrogen) atoms. The third-order valence-electron chi connectivity index (χ3n) is 4.16. The molecule has 2 rings (SSSR count). The topological polar surface area (TPSA) is 24.5 Å². The summed E-state index contributed by atoms with van der Waals surface area (Å²) < 4.78 is 5.63. The number of ether oxygens (including phenoxy) is 1. The van der Waals surface area contributed by atoms with Gasteiger partial charge in [-0.1, -0.05) is 31.4 Å². The Kier molecular flexibility index (Phi) is 6.19. The summed E-state index contributed by atoms with van der Waals surface area (Å²) in [6.07, 6.45) is 6.95. The molecule has 0 heterocycles. The monoisotopic (exact) mass is 276 g/mol. The molecule has 1 saturated carbocycles. The molecular formula is C17H28N2O. The van der Waals surface area contributed by atoms with Crippen molar-refractivity contribution < 1.29 is 4.74 Å². The van der Waals surface area contributed by atoms with Crippen LogP contribution in [0, 0.1) is 0 Å². The number of nitrogens with one attached hydrogen (secondary N) is 1. The molecule has 112 valence electrons. The van der Waals surface area contributed by atoms with Gasteiger partial charge in [0.15, 0.2) is 0 Å². The van der Waals surface area contributed by atoms with Crippen molar-refractivity contribution in [1.29, 1.82) is 0 Å². The van der Waals surface area contributed by atoms with Gasteiger partial charge in [0.25, 0.3) is 0 Å². The molecule has 3 nitrogen and oxygen atoms in total. The summed E-state index contributed by atoms with van der Waals surface area (Å²) in [6, 6.07) is 8.97. The van der Waals surface area contributed by atoms with Crippen LogP contribution in [0.3, 0.4) is 0 Å². The maximum Gasteiger partial charge on any atom is 0.142 e. The van der Waals surface area contributed by atoms with Gasteiger partial charge in [-0.2, -0.15) is 0 Å². The van der Waals surface area contributed by atoms with E-state index in [2.05, 4.69) is 29.4 Å². The zero-order valence-corrected chi connectivity index (χ0v) is 12.9. The molecule has 0 aromatic heterocycles. The molecule has 1 fully saturated rings. The summed E-state index contributed by atoms with van der Waals surface area (Å²) in [7, 11) is 2.26. The van der Waals surface area contributed by atoms with E-state index in [0.29, 0.717) is 6.61 Å². The molecular weight excluding hydrogens is 248 g/mol. The van der Waals surface area contributed by atoms with Gasteiger partial charge in [0.2, 0.25) is 0 Å². The number of hydrogen-bond donors (Lipinski definition) is 1. The first-order valence-electron chi connectivity index (χ1n) is 7.97. The van der Waals surface area contributed by atoms with E-state index >= 15 is 0 Å². The first-order valence-corrected chi connectivity index (χ1v) is 7.97. The molecule has 0 saturated heterocycles. The van der Waals surface area contributed by atoms with Crippen molar-refractivity contribution in [3.8, 4) is 5.75 Å². The van der Waals surface area contributed by atoms with Gasteiger partial charge in [0, 0.05) is 19.1 Å². The summed E-state index contributed by atoms with van der Waals surface area (Å²) in [5, 5.41) is 3.50. The first-order chi connectivity index (χ1) is 9.81. The van der Waals surface area contributed by atoms with E-state index < -0.39 is 0 Å². The van der Waals surface area contributed by atoms with E-state index in [1.165, 1.54) is 32.1 Å². The van der Waals surface area contributed by atoms with Crippen LogP contribution < -0.4 is 10.1 Å². The molecule has 1 aliphatic rings. The van der Waals surface area contributed by atoms with Crippen LogP contribution in [-0.4, -0.2) is 37.7 Å². The molecule has 0 amide bonds. The molecule has 0 aliphatic heterocycles. The van der Waals surface area contributed by atoms with Gasteiger partial charge in [-0.05, 0) is 38.9 Å². The maximum atomic E-state index is 5.63. The van der Waals surface area contributed by atoms with E-state index in [0.717, 1.165) is 30.6 Å². The lowest BCUT2D eigenvalue weighted by atomic mass is 9.94. The number of likely N-dealkylation sites (N-methyl/N-ethyl adjacent to an activating group) is 1. The summed E-state index contributed by atoms with van der Waals surface area (Å²) in [4.78, 5) is 2.51. The summed E-state index contributed by atoms with van der Waals surface area (Å²) >= 11 is 0. The Morgan fingerprint density at radius 1 is 1.20 bits per heavy atom. The van der Waals surface area contributed by atoms with Gasteiger partial charge in [-0.15, -0.1) is 0 Å². The highest BCUT2D eigenvalue weighted by Crippen LogP contribution is 2.24. The van der Waals surface area contributed by atoms with Gasteiger partial charge < -0.3 is 15.0 Å². The molecule has 0 unspecified atom stereocenters. The van der Waals surface area contributed by atoms with Crippen LogP contribution in [0.2, 0.25) is 0 Å². The van der Waals surface area contributed by atoms with Crippen LogP contribution in [0.25, 0.3) is 0 Å². The van der Waals surface area contributed by atoms with Crippen LogP contribution >= 0.6 is 0 Å². The Labute approximate surface area is 123 Å². The highest BCUT2D eigenvalue weighted by Gasteiger charge is 2.17. The Morgan fingerprint density at radius 2 is 1.95 bits per heavy atom. The van der Waals surface area contributed by atoms with Gasteiger partial charge >= 0.3 is 0 Å². The van der Waals surface area contributed by atoms with Crippen molar-refractivity contribution in [2.45, 2.75) is 45.1 Å². The molecule has 0 radical (unpaired) electrons. The number of rotatable bonds is 7. The zero-order valence-electron chi connectivity index (χ0n) is 12.9. The number of benzene rings is 1. The van der Waals surface area contributed by atoms with E-state index in [1.54, 1.807) is 0 Å². The van der Waals surface area contributed by atoms with Gasteiger partial charge in [0.1, 0.15) is 5.75 Å². The van der Waals surface area contributed by atoms with E-state index in [1.807, 2.05) is 19.1 Å². The fourth-order valence-corrected chi connectivity index (χ4v) is 2.97. The Hall–Kier alpha value is -1.22.